The minimum Gasteiger partial charge on any atom is -0.341 e. The first-order valence-electron chi connectivity index (χ1n) is 10.8. The zero-order valence-corrected chi connectivity index (χ0v) is 21.1. The maximum Gasteiger partial charge on any atom is 0.277 e. The van der Waals surface area contributed by atoms with Crippen molar-refractivity contribution in [3.63, 3.8) is 0 Å². The second-order valence-electron chi connectivity index (χ2n) is 7.42. The summed E-state index contributed by atoms with van der Waals surface area (Å²) in [6, 6.07) is 20.2. The van der Waals surface area contributed by atoms with Crippen LogP contribution in [0.5, 0.6) is 0 Å². The minimum absolute atomic E-state index is 0.187. The number of hydrogen-bond donors (Lipinski definition) is 3. The molecular formula is C24H19ClN8OS2. The first-order valence-corrected chi connectivity index (χ1v) is 13.1. The number of aromatic nitrogens is 8. The summed E-state index contributed by atoms with van der Waals surface area (Å²) in [5.74, 6) is 1.58. The topological polar surface area (TPSA) is 129 Å². The van der Waals surface area contributed by atoms with Crippen molar-refractivity contribution in [2.45, 2.75) is 21.8 Å². The summed E-state index contributed by atoms with van der Waals surface area (Å²) < 4.78 is 0. The molecular weight excluding hydrogens is 516 g/mol. The Bertz CT molecular complexity index is 1640. The van der Waals surface area contributed by atoms with Crippen LogP contribution in [0.3, 0.4) is 0 Å². The second-order valence-corrected chi connectivity index (χ2v) is 9.68. The predicted molar refractivity (Wildman–Crippen MR) is 143 cm³/mol. The van der Waals surface area contributed by atoms with E-state index in [1.54, 1.807) is 18.1 Å². The van der Waals surface area contributed by atoms with Gasteiger partial charge in [-0.2, -0.15) is 0 Å². The van der Waals surface area contributed by atoms with Crippen LogP contribution in [0.15, 0.2) is 88.4 Å². The van der Waals surface area contributed by atoms with Gasteiger partial charge in [0, 0.05) is 11.5 Å². The number of H-pyrrole nitrogens is 3. The van der Waals surface area contributed by atoms with E-state index in [4.69, 9.17) is 11.6 Å². The number of halogens is 1. The number of thioether (sulfide) groups is 2. The maximum atomic E-state index is 11.7. The van der Waals surface area contributed by atoms with E-state index in [0.717, 1.165) is 11.5 Å². The van der Waals surface area contributed by atoms with Crippen LogP contribution in [-0.4, -0.2) is 39.9 Å². The Morgan fingerprint density at radius 1 is 0.722 bits per heavy atom. The van der Waals surface area contributed by atoms with Crippen LogP contribution in [-0.2, 0) is 11.5 Å². The third kappa shape index (κ3) is 5.93. The lowest BCUT2D eigenvalue weighted by atomic mass is 10.2. The average Bonchev–Trinajstić information content (AvgIpc) is 3.58. The molecule has 4 heterocycles. The van der Waals surface area contributed by atoms with Crippen molar-refractivity contribution in [1.29, 1.82) is 0 Å². The van der Waals surface area contributed by atoms with Gasteiger partial charge in [-0.3, -0.25) is 9.78 Å². The number of fused-ring (bicyclic) bond motifs is 2. The van der Waals surface area contributed by atoms with Crippen LogP contribution in [0.1, 0.15) is 11.1 Å². The normalized spacial score (nSPS) is 10.9. The molecule has 0 bridgehead atoms. The fourth-order valence-electron chi connectivity index (χ4n) is 3.18. The summed E-state index contributed by atoms with van der Waals surface area (Å²) in [4.78, 5) is 41.0. The second kappa shape index (κ2) is 11.4. The van der Waals surface area contributed by atoms with Gasteiger partial charge in [0.05, 0.1) is 12.7 Å². The van der Waals surface area contributed by atoms with Crippen molar-refractivity contribution in [2.24, 2.45) is 0 Å². The van der Waals surface area contributed by atoms with E-state index in [9.17, 15) is 4.79 Å². The number of aromatic amines is 3. The molecule has 0 saturated heterocycles. The lowest BCUT2D eigenvalue weighted by Crippen LogP contribution is -2.09. The van der Waals surface area contributed by atoms with Gasteiger partial charge in [0.25, 0.3) is 5.56 Å². The highest BCUT2D eigenvalue weighted by Crippen LogP contribution is 2.24. The van der Waals surface area contributed by atoms with Gasteiger partial charge in [-0.1, -0.05) is 95.8 Å². The van der Waals surface area contributed by atoms with Gasteiger partial charge in [0.2, 0.25) is 0 Å². The maximum absolute atomic E-state index is 11.7. The molecule has 36 heavy (non-hydrogen) atoms. The molecule has 0 aliphatic carbocycles. The SMILES string of the molecule is Clc1nc(SCc2ccccc2)nc2nc[nH]c12.O=c1[nH]c(SCc2ccccc2)nc2nc[nH]c12. The monoisotopic (exact) mass is 534 g/mol. The quantitative estimate of drug-likeness (QED) is 0.150. The first-order chi connectivity index (χ1) is 17.7. The molecule has 0 fully saturated rings. The highest BCUT2D eigenvalue weighted by atomic mass is 35.5. The van der Waals surface area contributed by atoms with Crippen LogP contribution in [0.25, 0.3) is 22.3 Å². The van der Waals surface area contributed by atoms with Gasteiger partial charge in [-0.05, 0) is 11.1 Å². The number of nitrogens with one attached hydrogen (secondary N) is 3. The molecule has 2 aromatic carbocycles. The Hall–Kier alpha value is -3.67. The molecule has 0 radical (unpaired) electrons. The molecule has 6 rings (SSSR count). The zero-order valence-electron chi connectivity index (χ0n) is 18.7. The third-order valence-corrected chi connectivity index (χ3v) is 7.06. The zero-order chi connectivity index (χ0) is 24.7. The van der Waals surface area contributed by atoms with Crippen LogP contribution in [0.4, 0.5) is 0 Å². The lowest BCUT2D eigenvalue weighted by molar-refractivity contribution is 0.964. The smallest absolute Gasteiger partial charge is 0.277 e. The highest BCUT2D eigenvalue weighted by Gasteiger charge is 2.09. The molecule has 0 spiro atoms. The summed E-state index contributed by atoms with van der Waals surface area (Å²) in [6.07, 6.45) is 3.04. The van der Waals surface area contributed by atoms with Crippen molar-refractivity contribution < 1.29 is 0 Å². The fraction of sp³-hybridized carbons (Fsp3) is 0.0833. The molecule has 0 saturated carbocycles. The molecule has 0 aliphatic rings. The third-order valence-electron chi connectivity index (χ3n) is 4.92. The van der Waals surface area contributed by atoms with E-state index in [1.165, 1.54) is 29.2 Å². The summed E-state index contributed by atoms with van der Waals surface area (Å²) in [5.41, 5.74) is 4.38. The molecule has 12 heteroatoms. The van der Waals surface area contributed by atoms with Crippen LogP contribution >= 0.6 is 35.1 Å². The van der Waals surface area contributed by atoms with Gasteiger partial charge in [-0.25, -0.2) is 24.9 Å². The standard InChI is InChI=1S/C12H9ClN4S.C12H10N4OS/c13-10-9-11(15-7-14-9)17-12(16-10)18-6-8-4-2-1-3-5-8;17-11-9-10(14-7-13-9)15-12(16-11)18-6-8-4-2-1-3-5-8/h1-5,7H,6H2,(H,14,15,16,17);1-5,7H,6H2,(H2,13,14,15,16,17). The lowest BCUT2D eigenvalue weighted by Gasteiger charge is -2.01. The van der Waals surface area contributed by atoms with E-state index in [0.29, 0.717) is 37.8 Å². The molecule has 0 atom stereocenters. The van der Waals surface area contributed by atoms with E-state index >= 15 is 0 Å². The molecule has 0 amide bonds. The van der Waals surface area contributed by atoms with Crippen molar-refractivity contribution in [3.05, 3.63) is 100.0 Å². The van der Waals surface area contributed by atoms with Crippen LogP contribution in [0.2, 0.25) is 5.15 Å². The van der Waals surface area contributed by atoms with Crippen LogP contribution < -0.4 is 5.56 Å². The Kier molecular flexibility index (Phi) is 7.60. The van der Waals surface area contributed by atoms with Crippen molar-refractivity contribution in [2.75, 3.05) is 0 Å². The molecule has 3 N–H and O–H groups in total. The average molecular weight is 535 g/mol. The van der Waals surface area contributed by atoms with Gasteiger partial charge in [0.1, 0.15) is 5.52 Å². The first kappa shape index (κ1) is 24.0. The van der Waals surface area contributed by atoms with E-state index < -0.39 is 0 Å². The number of benzene rings is 2. The number of hydrogen-bond acceptors (Lipinski definition) is 8. The van der Waals surface area contributed by atoms with Crippen molar-refractivity contribution in [1.82, 2.24) is 39.9 Å². The fourth-order valence-corrected chi connectivity index (χ4v) is 5.06. The van der Waals surface area contributed by atoms with Gasteiger partial charge >= 0.3 is 0 Å². The largest absolute Gasteiger partial charge is 0.341 e. The molecule has 180 valence electrons. The van der Waals surface area contributed by atoms with E-state index in [-0.39, 0.29) is 5.56 Å². The van der Waals surface area contributed by atoms with Crippen molar-refractivity contribution >= 4 is 57.5 Å². The molecule has 0 aliphatic heterocycles. The summed E-state index contributed by atoms with van der Waals surface area (Å²) in [6.45, 7) is 0. The minimum atomic E-state index is -0.187. The molecule has 6 aromatic rings. The van der Waals surface area contributed by atoms with Crippen LogP contribution in [0, 0.1) is 0 Å². The number of imidazole rings is 2. The summed E-state index contributed by atoms with van der Waals surface area (Å²) >= 11 is 9.08. The summed E-state index contributed by atoms with van der Waals surface area (Å²) in [5, 5.41) is 1.64. The molecule has 0 unspecified atom stereocenters. The Balaban J connectivity index is 0.000000148. The molecule has 9 nitrogen and oxygen atoms in total. The Morgan fingerprint density at radius 2 is 1.31 bits per heavy atom. The van der Waals surface area contributed by atoms with Crippen molar-refractivity contribution in [3.8, 4) is 0 Å². The van der Waals surface area contributed by atoms with Gasteiger partial charge < -0.3 is 9.97 Å². The van der Waals surface area contributed by atoms with E-state index in [2.05, 4.69) is 52.0 Å². The number of rotatable bonds is 6. The molecule has 4 aromatic heterocycles. The van der Waals surface area contributed by atoms with Gasteiger partial charge in [-0.15, -0.1) is 0 Å². The summed E-state index contributed by atoms with van der Waals surface area (Å²) in [7, 11) is 0. The van der Waals surface area contributed by atoms with Gasteiger partial charge in [0.15, 0.2) is 32.3 Å². The Morgan fingerprint density at radius 3 is 1.97 bits per heavy atom. The number of nitrogens with zero attached hydrogens (tertiary/aromatic N) is 5. The Labute approximate surface area is 218 Å². The highest BCUT2D eigenvalue weighted by molar-refractivity contribution is 7.98. The van der Waals surface area contributed by atoms with E-state index in [1.807, 2.05) is 48.5 Å². The predicted octanol–water partition coefficient (Wildman–Crippen LogP) is 5.24.